The molecular formula is C16H24Cl3N3O. The minimum atomic E-state index is 0. The summed E-state index contributed by atoms with van der Waals surface area (Å²) in [7, 11) is 0. The minimum Gasteiger partial charge on any atom is -0.368 e. The largest absolute Gasteiger partial charge is 0.368 e. The lowest BCUT2D eigenvalue weighted by molar-refractivity contribution is -0.136. The summed E-state index contributed by atoms with van der Waals surface area (Å²) >= 11 is 5.92. The van der Waals surface area contributed by atoms with Gasteiger partial charge in [-0.2, -0.15) is 0 Å². The highest BCUT2D eigenvalue weighted by molar-refractivity contribution is 6.30. The van der Waals surface area contributed by atoms with E-state index >= 15 is 0 Å². The van der Waals surface area contributed by atoms with Crippen molar-refractivity contribution in [3.05, 3.63) is 29.3 Å². The lowest BCUT2D eigenvalue weighted by Gasteiger charge is -2.37. The molecule has 4 nitrogen and oxygen atoms in total. The quantitative estimate of drug-likeness (QED) is 0.858. The molecule has 2 fully saturated rings. The van der Waals surface area contributed by atoms with Gasteiger partial charge in [0, 0.05) is 42.9 Å². The zero-order valence-corrected chi connectivity index (χ0v) is 15.4. The fraction of sp³-hybridized carbons (Fsp3) is 0.562. The van der Waals surface area contributed by atoms with E-state index in [1.165, 1.54) is 5.69 Å². The van der Waals surface area contributed by atoms with Gasteiger partial charge < -0.3 is 15.5 Å². The molecule has 2 unspecified atom stereocenters. The van der Waals surface area contributed by atoms with Crippen molar-refractivity contribution >= 4 is 48.0 Å². The van der Waals surface area contributed by atoms with Gasteiger partial charge in [-0.25, -0.2) is 0 Å². The van der Waals surface area contributed by atoms with Crippen LogP contribution < -0.4 is 10.6 Å². The van der Waals surface area contributed by atoms with Crippen LogP contribution in [-0.2, 0) is 4.79 Å². The molecule has 1 aliphatic carbocycles. The Hall–Kier alpha value is -0.680. The molecule has 1 heterocycles. The highest BCUT2D eigenvalue weighted by Crippen LogP contribution is 2.27. The number of nitrogens with zero attached hydrogens (tertiary/aromatic N) is 2. The first-order valence-corrected chi connectivity index (χ1v) is 8.08. The van der Waals surface area contributed by atoms with Crippen molar-refractivity contribution in [2.45, 2.75) is 25.3 Å². The van der Waals surface area contributed by atoms with Crippen LogP contribution in [-0.4, -0.2) is 43.0 Å². The van der Waals surface area contributed by atoms with Gasteiger partial charge in [-0.1, -0.05) is 18.0 Å². The number of carbonyl (C=O) groups is 1. The van der Waals surface area contributed by atoms with Gasteiger partial charge in [0.1, 0.15) is 0 Å². The number of hydrogen-bond acceptors (Lipinski definition) is 3. The van der Waals surface area contributed by atoms with E-state index in [2.05, 4.69) is 4.90 Å². The number of hydrogen-bond donors (Lipinski definition) is 1. The Morgan fingerprint density at radius 2 is 1.65 bits per heavy atom. The molecular weight excluding hydrogens is 357 g/mol. The Kier molecular flexibility index (Phi) is 7.95. The lowest BCUT2D eigenvalue weighted by atomic mass is 10.0. The van der Waals surface area contributed by atoms with Crippen molar-refractivity contribution in [2.75, 3.05) is 31.1 Å². The molecule has 1 aliphatic heterocycles. The molecule has 23 heavy (non-hydrogen) atoms. The zero-order valence-electron chi connectivity index (χ0n) is 13.0. The normalized spacial score (nSPS) is 23.9. The Morgan fingerprint density at radius 3 is 2.17 bits per heavy atom. The molecule has 0 aromatic heterocycles. The molecule has 0 spiro atoms. The number of halogens is 3. The van der Waals surface area contributed by atoms with Crippen LogP contribution in [0.15, 0.2) is 24.3 Å². The van der Waals surface area contributed by atoms with Crippen LogP contribution in [0.5, 0.6) is 0 Å². The summed E-state index contributed by atoms with van der Waals surface area (Å²) in [6, 6.07) is 7.95. The van der Waals surface area contributed by atoms with Gasteiger partial charge in [0.05, 0.1) is 5.92 Å². The fourth-order valence-electron chi connectivity index (χ4n) is 3.37. The zero-order chi connectivity index (χ0) is 14.8. The second-order valence-corrected chi connectivity index (χ2v) is 6.43. The number of piperazine rings is 1. The molecule has 2 aliphatic rings. The van der Waals surface area contributed by atoms with Crippen molar-refractivity contribution in [3.63, 3.8) is 0 Å². The van der Waals surface area contributed by atoms with Crippen molar-refractivity contribution in [1.82, 2.24) is 4.90 Å². The van der Waals surface area contributed by atoms with E-state index in [4.69, 9.17) is 17.3 Å². The number of carbonyl (C=O) groups excluding carboxylic acids is 1. The van der Waals surface area contributed by atoms with E-state index in [0.717, 1.165) is 50.5 Å². The molecule has 1 saturated heterocycles. The third-order valence-electron chi connectivity index (χ3n) is 4.67. The Labute approximate surface area is 155 Å². The highest BCUT2D eigenvalue weighted by atomic mass is 35.5. The third kappa shape index (κ3) is 4.66. The van der Waals surface area contributed by atoms with Crippen LogP contribution in [0, 0.1) is 5.92 Å². The van der Waals surface area contributed by atoms with Gasteiger partial charge >= 0.3 is 0 Å². The van der Waals surface area contributed by atoms with E-state index in [1.807, 2.05) is 29.2 Å². The van der Waals surface area contributed by atoms with E-state index in [0.29, 0.717) is 0 Å². The first-order chi connectivity index (χ1) is 10.1. The maximum atomic E-state index is 12.5. The summed E-state index contributed by atoms with van der Waals surface area (Å²) in [6.45, 7) is 3.31. The molecule has 2 atom stereocenters. The predicted molar refractivity (Wildman–Crippen MR) is 100 cm³/mol. The third-order valence-corrected chi connectivity index (χ3v) is 4.92. The molecule has 2 N–H and O–H groups in total. The second kappa shape index (κ2) is 8.97. The standard InChI is InChI=1S/C16H22ClN3O.2ClH/c17-12-4-6-13(7-5-12)19-8-10-20(11-9-19)16(21)14-2-1-3-15(14)18;;/h4-7,14-15H,1-3,8-11,18H2;2*1H. The first-order valence-electron chi connectivity index (χ1n) is 7.70. The predicted octanol–water partition coefficient (Wildman–Crippen LogP) is 2.96. The highest BCUT2D eigenvalue weighted by Gasteiger charge is 2.34. The Morgan fingerprint density at radius 1 is 1.04 bits per heavy atom. The maximum Gasteiger partial charge on any atom is 0.227 e. The molecule has 7 heteroatoms. The van der Waals surface area contributed by atoms with Gasteiger partial charge in [0.2, 0.25) is 5.91 Å². The summed E-state index contributed by atoms with van der Waals surface area (Å²) in [6.07, 6.45) is 3.03. The molecule has 3 rings (SSSR count). The van der Waals surface area contributed by atoms with Crippen LogP contribution >= 0.6 is 36.4 Å². The number of benzene rings is 1. The first kappa shape index (κ1) is 20.4. The average molecular weight is 381 g/mol. The van der Waals surface area contributed by atoms with Crippen LogP contribution in [0.25, 0.3) is 0 Å². The number of nitrogens with two attached hydrogens (primary N) is 1. The number of anilines is 1. The minimum absolute atomic E-state index is 0. The summed E-state index contributed by atoms with van der Waals surface area (Å²) in [5, 5.41) is 0.753. The van der Waals surface area contributed by atoms with Gasteiger partial charge in [-0.3, -0.25) is 4.79 Å². The molecule has 0 bridgehead atoms. The number of rotatable bonds is 2. The smallest absolute Gasteiger partial charge is 0.227 e. The topological polar surface area (TPSA) is 49.6 Å². The van der Waals surface area contributed by atoms with Crippen LogP contribution in [0.4, 0.5) is 5.69 Å². The maximum absolute atomic E-state index is 12.5. The monoisotopic (exact) mass is 379 g/mol. The van der Waals surface area contributed by atoms with Crippen molar-refractivity contribution in [2.24, 2.45) is 11.7 Å². The van der Waals surface area contributed by atoms with Crippen LogP contribution in [0.2, 0.25) is 5.02 Å². The lowest BCUT2D eigenvalue weighted by Crippen LogP contribution is -2.52. The van der Waals surface area contributed by atoms with E-state index in [-0.39, 0.29) is 42.7 Å². The molecule has 1 amide bonds. The molecule has 1 saturated carbocycles. The summed E-state index contributed by atoms with van der Waals surface area (Å²) in [5.41, 5.74) is 7.22. The van der Waals surface area contributed by atoms with Crippen LogP contribution in [0.1, 0.15) is 19.3 Å². The summed E-state index contributed by atoms with van der Waals surface area (Å²) < 4.78 is 0. The summed E-state index contributed by atoms with van der Waals surface area (Å²) in [4.78, 5) is 16.8. The van der Waals surface area contributed by atoms with E-state index in [1.54, 1.807) is 0 Å². The Balaban J connectivity index is 0.00000132. The second-order valence-electron chi connectivity index (χ2n) is 5.99. The van der Waals surface area contributed by atoms with Crippen molar-refractivity contribution < 1.29 is 4.79 Å². The molecule has 0 radical (unpaired) electrons. The van der Waals surface area contributed by atoms with E-state index in [9.17, 15) is 4.79 Å². The fourth-order valence-corrected chi connectivity index (χ4v) is 3.49. The SMILES string of the molecule is Cl.Cl.NC1CCCC1C(=O)N1CCN(c2ccc(Cl)cc2)CC1. The Bertz CT molecular complexity index is 504. The van der Waals surface area contributed by atoms with Gasteiger partial charge in [-0.15, -0.1) is 24.8 Å². The van der Waals surface area contributed by atoms with Crippen LogP contribution in [0.3, 0.4) is 0 Å². The van der Waals surface area contributed by atoms with Crippen molar-refractivity contribution in [3.8, 4) is 0 Å². The van der Waals surface area contributed by atoms with Crippen molar-refractivity contribution in [1.29, 1.82) is 0 Å². The molecule has 130 valence electrons. The summed E-state index contributed by atoms with van der Waals surface area (Å²) in [5.74, 6) is 0.308. The molecule has 1 aromatic rings. The molecule has 1 aromatic carbocycles. The van der Waals surface area contributed by atoms with E-state index < -0.39 is 0 Å². The number of amides is 1. The average Bonchev–Trinajstić information content (AvgIpc) is 2.94. The van der Waals surface area contributed by atoms with Gasteiger partial charge in [0.25, 0.3) is 0 Å². The van der Waals surface area contributed by atoms with Gasteiger partial charge in [-0.05, 0) is 37.1 Å². The van der Waals surface area contributed by atoms with Gasteiger partial charge in [0.15, 0.2) is 0 Å².